The lowest BCUT2D eigenvalue weighted by Crippen LogP contribution is -2.49. The SMILES string of the molecule is CC1CCN(C(=O)Cc2ccc(NC(=O)C3CC3)cc2)C(CN)C1. The molecule has 0 bridgehead atoms. The highest BCUT2D eigenvalue weighted by Crippen LogP contribution is 2.30. The normalized spacial score (nSPS) is 23.8. The second-order valence-corrected chi connectivity index (χ2v) is 7.24. The Balaban J connectivity index is 1.56. The van der Waals surface area contributed by atoms with Gasteiger partial charge in [-0.25, -0.2) is 0 Å². The molecule has 0 radical (unpaired) electrons. The van der Waals surface area contributed by atoms with Crippen molar-refractivity contribution in [2.45, 2.75) is 45.1 Å². The van der Waals surface area contributed by atoms with Crippen molar-refractivity contribution >= 4 is 17.5 Å². The van der Waals surface area contributed by atoms with Gasteiger partial charge in [0.05, 0.1) is 6.42 Å². The number of amides is 2. The van der Waals surface area contributed by atoms with Gasteiger partial charge < -0.3 is 16.0 Å². The molecule has 2 amide bonds. The van der Waals surface area contributed by atoms with Gasteiger partial charge in [-0.2, -0.15) is 0 Å². The molecular formula is C19H27N3O2. The Morgan fingerprint density at radius 2 is 1.92 bits per heavy atom. The van der Waals surface area contributed by atoms with Crippen LogP contribution in [-0.2, 0) is 16.0 Å². The van der Waals surface area contributed by atoms with Crippen molar-refractivity contribution in [3.05, 3.63) is 29.8 Å². The zero-order chi connectivity index (χ0) is 17.1. The second kappa shape index (κ2) is 7.34. The molecule has 3 rings (SSSR count). The Hall–Kier alpha value is -1.88. The molecule has 2 unspecified atom stereocenters. The molecule has 2 aliphatic rings. The highest BCUT2D eigenvalue weighted by molar-refractivity contribution is 5.94. The van der Waals surface area contributed by atoms with Gasteiger partial charge in [-0.15, -0.1) is 0 Å². The molecule has 1 saturated heterocycles. The number of nitrogens with two attached hydrogens (primary N) is 1. The number of benzene rings is 1. The molecule has 0 spiro atoms. The smallest absolute Gasteiger partial charge is 0.227 e. The summed E-state index contributed by atoms with van der Waals surface area (Å²) >= 11 is 0. The lowest BCUT2D eigenvalue weighted by Gasteiger charge is -2.38. The standard InChI is InChI=1S/C19H27N3O2/c1-13-8-9-22(17(10-13)12-20)18(23)11-14-2-6-16(7-3-14)21-19(24)15-4-5-15/h2-3,6-7,13,15,17H,4-5,8-12,20H2,1H3,(H,21,24). The molecule has 0 aromatic heterocycles. The highest BCUT2D eigenvalue weighted by Gasteiger charge is 2.30. The Morgan fingerprint density at radius 1 is 1.21 bits per heavy atom. The molecule has 1 heterocycles. The van der Waals surface area contributed by atoms with Crippen molar-refractivity contribution in [3.63, 3.8) is 0 Å². The Kier molecular flexibility index (Phi) is 5.19. The van der Waals surface area contributed by atoms with Crippen LogP contribution in [0, 0.1) is 11.8 Å². The van der Waals surface area contributed by atoms with Crippen molar-refractivity contribution in [1.29, 1.82) is 0 Å². The van der Waals surface area contributed by atoms with Gasteiger partial charge in [0.25, 0.3) is 0 Å². The van der Waals surface area contributed by atoms with Crippen LogP contribution in [0.5, 0.6) is 0 Å². The van der Waals surface area contributed by atoms with Crippen LogP contribution in [0.3, 0.4) is 0 Å². The molecule has 1 aromatic rings. The minimum absolute atomic E-state index is 0.104. The Bertz CT molecular complexity index is 595. The Morgan fingerprint density at radius 3 is 2.54 bits per heavy atom. The lowest BCUT2D eigenvalue weighted by atomic mass is 9.92. The molecular weight excluding hydrogens is 302 g/mol. The quantitative estimate of drug-likeness (QED) is 0.869. The van der Waals surface area contributed by atoms with E-state index in [1.807, 2.05) is 29.2 Å². The molecule has 2 fully saturated rings. The van der Waals surface area contributed by atoms with Gasteiger partial charge in [0.2, 0.25) is 11.8 Å². The number of nitrogens with zero attached hydrogens (tertiary/aromatic N) is 1. The number of nitrogens with one attached hydrogen (secondary N) is 1. The number of carbonyl (C=O) groups is 2. The summed E-state index contributed by atoms with van der Waals surface area (Å²) in [4.78, 5) is 26.3. The van der Waals surface area contributed by atoms with E-state index < -0.39 is 0 Å². The van der Waals surface area contributed by atoms with E-state index in [1.165, 1.54) is 0 Å². The monoisotopic (exact) mass is 329 g/mol. The summed E-state index contributed by atoms with van der Waals surface area (Å²) in [6.45, 7) is 3.55. The molecule has 2 atom stereocenters. The summed E-state index contributed by atoms with van der Waals surface area (Å²) < 4.78 is 0. The summed E-state index contributed by atoms with van der Waals surface area (Å²) in [5, 5.41) is 2.92. The number of rotatable bonds is 5. The third-order valence-corrected chi connectivity index (χ3v) is 5.10. The van der Waals surface area contributed by atoms with Crippen LogP contribution in [0.1, 0.15) is 38.2 Å². The molecule has 1 saturated carbocycles. The van der Waals surface area contributed by atoms with Gasteiger partial charge in [-0.1, -0.05) is 19.1 Å². The predicted octanol–water partition coefficient (Wildman–Crippen LogP) is 2.16. The largest absolute Gasteiger partial charge is 0.338 e. The number of likely N-dealkylation sites (tertiary alicyclic amines) is 1. The molecule has 24 heavy (non-hydrogen) atoms. The van der Waals surface area contributed by atoms with Crippen LogP contribution in [0.15, 0.2) is 24.3 Å². The van der Waals surface area contributed by atoms with E-state index in [0.29, 0.717) is 18.9 Å². The van der Waals surface area contributed by atoms with Crippen molar-refractivity contribution < 1.29 is 9.59 Å². The molecule has 3 N–H and O–H groups in total. The fourth-order valence-corrected chi connectivity index (χ4v) is 3.38. The van der Waals surface area contributed by atoms with Crippen molar-refractivity contribution in [1.82, 2.24) is 4.90 Å². The van der Waals surface area contributed by atoms with Gasteiger partial charge in [0, 0.05) is 30.7 Å². The van der Waals surface area contributed by atoms with Crippen LogP contribution in [0.2, 0.25) is 0 Å². The summed E-state index contributed by atoms with van der Waals surface area (Å²) in [5.74, 6) is 1.08. The second-order valence-electron chi connectivity index (χ2n) is 7.24. The van der Waals surface area contributed by atoms with E-state index in [9.17, 15) is 9.59 Å². The third kappa shape index (κ3) is 4.15. The molecule has 130 valence electrons. The first-order valence-corrected chi connectivity index (χ1v) is 8.96. The zero-order valence-electron chi connectivity index (χ0n) is 14.3. The summed E-state index contributed by atoms with van der Waals surface area (Å²) in [6.07, 6.45) is 4.43. The fraction of sp³-hybridized carbons (Fsp3) is 0.579. The molecule has 1 aromatic carbocycles. The number of piperidine rings is 1. The number of carbonyl (C=O) groups excluding carboxylic acids is 2. The van der Waals surface area contributed by atoms with Crippen LogP contribution >= 0.6 is 0 Å². The van der Waals surface area contributed by atoms with Crippen LogP contribution in [0.4, 0.5) is 5.69 Å². The first kappa shape index (κ1) is 17.0. The van der Waals surface area contributed by atoms with Crippen molar-refractivity contribution in [3.8, 4) is 0 Å². The zero-order valence-corrected chi connectivity index (χ0v) is 14.3. The van der Waals surface area contributed by atoms with E-state index in [2.05, 4.69) is 12.2 Å². The maximum Gasteiger partial charge on any atom is 0.227 e. The van der Waals surface area contributed by atoms with E-state index >= 15 is 0 Å². The average molecular weight is 329 g/mol. The predicted molar refractivity (Wildman–Crippen MR) is 94.5 cm³/mol. The van der Waals surface area contributed by atoms with Crippen molar-refractivity contribution in [2.75, 3.05) is 18.4 Å². The van der Waals surface area contributed by atoms with Gasteiger partial charge in [0.1, 0.15) is 0 Å². The van der Waals surface area contributed by atoms with Crippen LogP contribution in [-0.4, -0.2) is 35.8 Å². The van der Waals surface area contributed by atoms with Gasteiger partial charge in [-0.3, -0.25) is 9.59 Å². The lowest BCUT2D eigenvalue weighted by molar-refractivity contribution is -0.134. The summed E-state index contributed by atoms with van der Waals surface area (Å²) in [7, 11) is 0. The number of hydrogen-bond acceptors (Lipinski definition) is 3. The highest BCUT2D eigenvalue weighted by atomic mass is 16.2. The number of anilines is 1. The molecule has 5 nitrogen and oxygen atoms in total. The Labute approximate surface area is 143 Å². The van der Waals surface area contributed by atoms with E-state index in [-0.39, 0.29) is 23.8 Å². The van der Waals surface area contributed by atoms with Gasteiger partial charge in [-0.05, 0) is 49.3 Å². The van der Waals surface area contributed by atoms with E-state index in [4.69, 9.17) is 5.73 Å². The van der Waals surface area contributed by atoms with Gasteiger partial charge >= 0.3 is 0 Å². The fourth-order valence-electron chi connectivity index (χ4n) is 3.38. The molecule has 5 heteroatoms. The minimum atomic E-state index is 0.104. The topological polar surface area (TPSA) is 75.4 Å². The first-order chi connectivity index (χ1) is 11.6. The minimum Gasteiger partial charge on any atom is -0.338 e. The maximum atomic E-state index is 12.6. The number of hydrogen-bond donors (Lipinski definition) is 2. The van der Waals surface area contributed by atoms with E-state index in [0.717, 1.165) is 43.5 Å². The summed E-state index contributed by atoms with van der Waals surface area (Å²) in [6, 6.07) is 7.76. The average Bonchev–Trinajstić information content (AvgIpc) is 3.41. The first-order valence-electron chi connectivity index (χ1n) is 8.96. The van der Waals surface area contributed by atoms with Crippen molar-refractivity contribution in [2.24, 2.45) is 17.6 Å². The van der Waals surface area contributed by atoms with Crippen LogP contribution < -0.4 is 11.1 Å². The van der Waals surface area contributed by atoms with Crippen LogP contribution in [0.25, 0.3) is 0 Å². The molecule has 1 aliphatic heterocycles. The third-order valence-electron chi connectivity index (χ3n) is 5.10. The molecule has 1 aliphatic carbocycles. The van der Waals surface area contributed by atoms with Gasteiger partial charge in [0.15, 0.2) is 0 Å². The summed E-state index contributed by atoms with van der Waals surface area (Å²) in [5.41, 5.74) is 7.62. The van der Waals surface area contributed by atoms with E-state index in [1.54, 1.807) is 0 Å². The maximum absolute atomic E-state index is 12.6.